The summed E-state index contributed by atoms with van der Waals surface area (Å²) < 4.78 is 0. The Morgan fingerprint density at radius 3 is 2.70 bits per heavy atom. The first-order valence-corrected chi connectivity index (χ1v) is 12.3. The number of rotatable bonds is 7. The molecule has 4 heterocycles. The van der Waals surface area contributed by atoms with E-state index >= 15 is 0 Å². The van der Waals surface area contributed by atoms with E-state index in [1.165, 1.54) is 4.90 Å². The van der Waals surface area contributed by atoms with Crippen molar-refractivity contribution in [3.05, 3.63) is 64.6 Å². The summed E-state index contributed by atoms with van der Waals surface area (Å²) in [7, 11) is 0. The van der Waals surface area contributed by atoms with E-state index in [0.29, 0.717) is 50.4 Å². The van der Waals surface area contributed by atoms with Crippen LogP contribution in [0.15, 0.2) is 54.2 Å². The summed E-state index contributed by atoms with van der Waals surface area (Å²) in [5.74, 6) is -0.0340. The van der Waals surface area contributed by atoms with Crippen LogP contribution in [-0.4, -0.2) is 52.3 Å². The monoisotopic (exact) mass is 466 g/mol. The Morgan fingerprint density at radius 2 is 2.06 bits per heavy atom. The molecule has 0 unspecified atom stereocenters. The van der Waals surface area contributed by atoms with Gasteiger partial charge in [-0.2, -0.15) is 0 Å². The van der Waals surface area contributed by atoms with Gasteiger partial charge < -0.3 is 10.2 Å². The molecule has 8 heteroatoms. The standard InChI is InChI=1S/C25H30N4O3S/c1-18(2)7-8-22(30)28-13-9-19(10-14-28)25(20-5-3-12-26-17-20)23(31)29(24(32)27-25)15-11-21-6-4-16-33-21/h3-8,12,16-19H,9-11,13-15H2,1-2H3,(H,27,32)/b8-7+/t25-/m1/s1. The van der Waals surface area contributed by atoms with Crippen molar-refractivity contribution in [2.75, 3.05) is 19.6 Å². The zero-order valence-electron chi connectivity index (χ0n) is 19.1. The van der Waals surface area contributed by atoms with E-state index in [0.717, 1.165) is 4.88 Å². The Labute approximate surface area is 198 Å². The highest BCUT2D eigenvalue weighted by Crippen LogP contribution is 2.41. The van der Waals surface area contributed by atoms with Gasteiger partial charge in [-0.3, -0.25) is 19.5 Å². The number of likely N-dealkylation sites (tertiary alicyclic amines) is 1. The van der Waals surface area contributed by atoms with Crippen molar-refractivity contribution >= 4 is 29.2 Å². The molecular formula is C25H30N4O3S. The van der Waals surface area contributed by atoms with Crippen LogP contribution in [0.1, 0.15) is 37.1 Å². The Balaban J connectivity index is 1.55. The van der Waals surface area contributed by atoms with E-state index in [2.05, 4.69) is 10.3 Å². The summed E-state index contributed by atoms with van der Waals surface area (Å²) >= 11 is 1.62. The summed E-state index contributed by atoms with van der Waals surface area (Å²) in [5, 5.41) is 5.04. The number of nitrogens with zero attached hydrogens (tertiary/aromatic N) is 3. The summed E-state index contributed by atoms with van der Waals surface area (Å²) in [4.78, 5) is 47.9. The lowest BCUT2D eigenvalue weighted by Gasteiger charge is -2.40. The molecule has 4 amide bonds. The first-order valence-electron chi connectivity index (χ1n) is 11.5. The number of carbonyl (C=O) groups excluding carboxylic acids is 3. The van der Waals surface area contributed by atoms with Crippen LogP contribution >= 0.6 is 11.3 Å². The van der Waals surface area contributed by atoms with Crippen LogP contribution in [0, 0.1) is 11.8 Å². The number of carbonyl (C=O) groups is 3. The van der Waals surface area contributed by atoms with Gasteiger partial charge in [0.15, 0.2) is 5.54 Å². The average molecular weight is 467 g/mol. The molecule has 2 aromatic rings. The lowest BCUT2D eigenvalue weighted by atomic mass is 9.73. The number of piperidine rings is 1. The molecule has 4 rings (SSSR count). The Kier molecular flexibility index (Phi) is 6.93. The number of urea groups is 1. The largest absolute Gasteiger partial charge is 0.339 e. The normalized spacial score (nSPS) is 21.9. The van der Waals surface area contributed by atoms with Gasteiger partial charge in [0, 0.05) is 42.5 Å². The van der Waals surface area contributed by atoms with Crippen LogP contribution in [0.4, 0.5) is 4.79 Å². The number of imide groups is 1. The minimum atomic E-state index is -1.15. The Bertz CT molecular complexity index is 1010. The molecule has 33 heavy (non-hydrogen) atoms. The summed E-state index contributed by atoms with van der Waals surface area (Å²) in [6.07, 6.45) is 8.75. The molecule has 0 bridgehead atoms. The molecule has 1 atom stereocenters. The summed E-state index contributed by atoms with van der Waals surface area (Å²) in [6.45, 7) is 5.50. The Morgan fingerprint density at radius 1 is 1.27 bits per heavy atom. The number of amides is 4. The molecule has 2 fully saturated rings. The third-order valence-corrected chi connectivity index (χ3v) is 7.39. The number of aromatic nitrogens is 1. The Hall–Kier alpha value is -3.00. The van der Waals surface area contributed by atoms with Gasteiger partial charge >= 0.3 is 6.03 Å². The molecule has 2 aliphatic rings. The first kappa shape index (κ1) is 23.2. The molecular weight excluding hydrogens is 436 g/mol. The summed E-state index contributed by atoms with van der Waals surface area (Å²) in [6, 6.07) is 7.27. The van der Waals surface area contributed by atoms with Gasteiger partial charge in [-0.25, -0.2) is 4.79 Å². The van der Waals surface area contributed by atoms with Gasteiger partial charge in [0.05, 0.1) is 0 Å². The van der Waals surface area contributed by atoms with Gasteiger partial charge in [0.25, 0.3) is 5.91 Å². The van der Waals surface area contributed by atoms with Gasteiger partial charge in [-0.05, 0) is 54.7 Å². The van der Waals surface area contributed by atoms with Crippen LogP contribution in [0.25, 0.3) is 0 Å². The van der Waals surface area contributed by atoms with Crippen molar-refractivity contribution in [2.24, 2.45) is 11.8 Å². The predicted octanol–water partition coefficient (Wildman–Crippen LogP) is 3.58. The van der Waals surface area contributed by atoms with Crippen molar-refractivity contribution in [1.82, 2.24) is 20.1 Å². The summed E-state index contributed by atoms with van der Waals surface area (Å²) in [5.41, 5.74) is -0.449. The highest BCUT2D eigenvalue weighted by Gasteiger charge is 2.57. The van der Waals surface area contributed by atoms with Crippen LogP contribution < -0.4 is 5.32 Å². The number of nitrogens with one attached hydrogen (secondary N) is 1. The second kappa shape index (κ2) is 9.87. The molecule has 0 aromatic carbocycles. The van der Waals surface area contributed by atoms with Crippen molar-refractivity contribution < 1.29 is 14.4 Å². The molecule has 0 aliphatic carbocycles. The first-order chi connectivity index (χ1) is 15.9. The highest BCUT2D eigenvalue weighted by molar-refractivity contribution is 7.09. The van der Waals surface area contributed by atoms with Crippen molar-refractivity contribution in [3.63, 3.8) is 0 Å². The molecule has 2 aromatic heterocycles. The topological polar surface area (TPSA) is 82.6 Å². The third kappa shape index (κ3) is 4.71. The smallest absolute Gasteiger partial charge is 0.325 e. The minimum absolute atomic E-state index is 0.00284. The number of pyridine rings is 1. The molecule has 0 saturated carbocycles. The maximum Gasteiger partial charge on any atom is 0.325 e. The molecule has 0 radical (unpaired) electrons. The van der Waals surface area contributed by atoms with Gasteiger partial charge in [-0.1, -0.05) is 32.1 Å². The molecule has 7 nitrogen and oxygen atoms in total. The zero-order valence-corrected chi connectivity index (χ0v) is 19.9. The van der Waals surface area contributed by atoms with Crippen LogP contribution in [0.5, 0.6) is 0 Å². The second-order valence-electron chi connectivity index (χ2n) is 8.97. The van der Waals surface area contributed by atoms with E-state index < -0.39 is 5.54 Å². The third-order valence-electron chi connectivity index (χ3n) is 6.45. The maximum absolute atomic E-state index is 13.8. The van der Waals surface area contributed by atoms with Crippen LogP contribution in [0.2, 0.25) is 0 Å². The maximum atomic E-state index is 13.8. The SMILES string of the molecule is CC(C)/C=C/C(=O)N1CCC([C@]2(c3cccnc3)NC(=O)N(CCc3cccs3)C2=O)CC1. The fraction of sp³-hybridized carbons (Fsp3) is 0.440. The van der Waals surface area contributed by atoms with Crippen molar-refractivity contribution in [2.45, 2.75) is 38.6 Å². The molecule has 174 valence electrons. The van der Waals surface area contributed by atoms with E-state index in [9.17, 15) is 14.4 Å². The average Bonchev–Trinajstić information content (AvgIpc) is 3.43. The quantitative estimate of drug-likeness (QED) is 0.499. The number of hydrogen-bond donors (Lipinski definition) is 1. The minimum Gasteiger partial charge on any atom is -0.339 e. The second-order valence-corrected chi connectivity index (χ2v) is 10.0. The molecule has 2 saturated heterocycles. The fourth-order valence-corrected chi connectivity index (χ4v) is 5.39. The van der Waals surface area contributed by atoms with Gasteiger partial charge in [0.2, 0.25) is 5.91 Å². The lowest BCUT2D eigenvalue weighted by molar-refractivity contribution is -0.135. The van der Waals surface area contributed by atoms with Crippen molar-refractivity contribution in [1.29, 1.82) is 0 Å². The van der Waals surface area contributed by atoms with Gasteiger partial charge in [-0.15, -0.1) is 11.3 Å². The van der Waals surface area contributed by atoms with E-state index in [-0.39, 0.29) is 23.8 Å². The van der Waals surface area contributed by atoms with E-state index in [1.54, 1.807) is 35.9 Å². The predicted molar refractivity (Wildman–Crippen MR) is 127 cm³/mol. The molecule has 2 aliphatic heterocycles. The number of thiophene rings is 1. The van der Waals surface area contributed by atoms with Crippen LogP contribution in [-0.2, 0) is 21.5 Å². The fourth-order valence-electron chi connectivity index (χ4n) is 4.69. The van der Waals surface area contributed by atoms with Crippen molar-refractivity contribution in [3.8, 4) is 0 Å². The van der Waals surface area contributed by atoms with E-state index in [1.807, 2.05) is 48.4 Å². The highest BCUT2D eigenvalue weighted by atomic mass is 32.1. The number of allylic oxidation sites excluding steroid dienone is 1. The van der Waals surface area contributed by atoms with E-state index in [4.69, 9.17) is 0 Å². The molecule has 0 spiro atoms. The molecule has 1 N–H and O–H groups in total. The zero-order chi connectivity index (χ0) is 23.4. The van der Waals surface area contributed by atoms with Gasteiger partial charge in [0.1, 0.15) is 0 Å². The van der Waals surface area contributed by atoms with Crippen LogP contribution in [0.3, 0.4) is 0 Å². The lowest BCUT2D eigenvalue weighted by Crippen LogP contribution is -2.54. The number of hydrogen-bond acceptors (Lipinski definition) is 5.